The van der Waals surface area contributed by atoms with Crippen molar-refractivity contribution >= 4 is 27.7 Å². The van der Waals surface area contributed by atoms with E-state index in [4.69, 9.17) is 0 Å². The van der Waals surface area contributed by atoms with Gasteiger partial charge in [0.05, 0.1) is 0 Å². The molecule has 114 valence electrons. The lowest BCUT2D eigenvalue weighted by Gasteiger charge is -2.38. The lowest BCUT2D eigenvalue weighted by molar-refractivity contribution is -0.150. The van der Waals surface area contributed by atoms with E-state index in [-0.39, 0.29) is 24.2 Å². The van der Waals surface area contributed by atoms with Gasteiger partial charge in [-0.05, 0) is 31.0 Å². The molecule has 0 spiro atoms. The number of carbonyl (C=O) groups is 2. The Morgan fingerprint density at radius 2 is 2.00 bits per heavy atom. The average molecular weight is 357 g/mol. The monoisotopic (exact) mass is 356 g/mol. The van der Waals surface area contributed by atoms with Gasteiger partial charge in [0, 0.05) is 16.6 Å². The Balaban J connectivity index is 2.31. The standard InChI is InChI=1S/C15H18BrFN2O2/c1-3-12-15(21)19(13(4-2)14(20)18-12)8-9-7-10(16)5-6-11(9)17/h5-7,12-13H,3-4,8H2,1-2H3,(H,18,20). The first-order chi connectivity index (χ1) is 9.97. The summed E-state index contributed by atoms with van der Waals surface area (Å²) in [6.45, 7) is 3.79. The maximum Gasteiger partial charge on any atom is 0.246 e. The second-order valence-corrected chi connectivity index (χ2v) is 6.01. The molecule has 21 heavy (non-hydrogen) atoms. The Labute approximate surface area is 131 Å². The number of nitrogens with one attached hydrogen (secondary N) is 1. The van der Waals surface area contributed by atoms with Crippen LogP contribution in [0.2, 0.25) is 0 Å². The highest BCUT2D eigenvalue weighted by Crippen LogP contribution is 2.22. The van der Waals surface area contributed by atoms with E-state index in [0.29, 0.717) is 18.4 Å². The van der Waals surface area contributed by atoms with Crippen LogP contribution < -0.4 is 5.32 Å². The van der Waals surface area contributed by atoms with E-state index in [2.05, 4.69) is 21.2 Å². The van der Waals surface area contributed by atoms with Crippen LogP contribution in [0.3, 0.4) is 0 Å². The summed E-state index contributed by atoms with van der Waals surface area (Å²) in [5.74, 6) is -0.692. The van der Waals surface area contributed by atoms with Crippen LogP contribution in [0.15, 0.2) is 22.7 Å². The molecule has 1 N–H and O–H groups in total. The molecule has 1 fully saturated rings. The highest BCUT2D eigenvalue weighted by atomic mass is 79.9. The van der Waals surface area contributed by atoms with Gasteiger partial charge in [0.1, 0.15) is 17.9 Å². The first-order valence-electron chi connectivity index (χ1n) is 7.02. The summed E-state index contributed by atoms with van der Waals surface area (Å²) in [4.78, 5) is 26.0. The Bertz CT molecular complexity index is 565. The molecule has 2 amide bonds. The third kappa shape index (κ3) is 3.26. The molecule has 2 atom stereocenters. The van der Waals surface area contributed by atoms with Gasteiger partial charge in [-0.3, -0.25) is 9.59 Å². The Kier molecular flexibility index (Phi) is 4.98. The van der Waals surface area contributed by atoms with E-state index < -0.39 is 12.1 Å². The molecule has 1 aromatic carbocycles. The van der Waals surface area contributed by atoms with Gasteiger partial charge in [-0.2, -0.15) is 0 Å². The van der Waals surface area contributed by atoms with Crippen molar-refractivity contribution in [1.29, 1.82) is 0 Å². The third-order valence-corrected chi connectivity index (χ3v) is 4.21. The molecule has 4 nitrogen and oxygen atoms in total. The fraction of sp³-hybridized carbons (Fsp3) is 0.467. The summed E-state index contributed by atoms with van der Waals surface area (Å²) in [7, 11) is 0. The van der Waals surface area contributed by atoms with Crippen LogP contribution in [0, 0.1) is 5.82 Å². The SMILES string of the molecule is CCC1NC(=O)C(CC)N(Cc2cc(Br)ccc2F)C1=O. The molecule has 0 aromatic heterocycles. The maximum atomic E-state index is 13.9. The number of piperazine rings is 1. The van der Waals surface area contributed by atoms with E-state index >= 15 is 0 Å². The van der Waals surface area contributed by atoms with Crippen molar-refractivity contribution in [2.75, 3.05) is 0 Å². The zero-order valence-corrected chi connectivity index (χ0v) is 13.6. The van der Waals surface area contributed by atoms with Crippen molar-refractivity contribution in [3.63, 3.8) is 0 Å². The van der Waals surface area contributed by atoms with Gasteiger partial charge in [0.2, 0.25) is 11.8 Å². The van der Waals surface area contributed by atoms with Gasteiger partial charge in [0.15, 0.2) is 0 Å². The first kappa shape index (κ1) is 15.9. The van der Waals surface area contributed by atoms with Crippen molar-refractivity contribution in [3.8, 4) is 0 Å². The lowest BCUT2D eigenvalue weighted by atomic mass is 10.0. The van der Waals surface area contributed by atoms with Crippen molar-refractivity contribution in [2.24, 2.45) is 0 Å². The molecule has 2 unspecified atom stereocenters. The zero-order valence-electron chi connectivity index (χ0n) is 12.0. The molecule has 0 aliphatic carbocycles. The van der Waals surface area contributed by atoms with Gasteiger partial charge < -0.3 is 10.2 Å². The number of carbonyl (C=O) groups excluding carboxylic acids is 2. The Hall–Kier alpha value is -1.43. The molecular formula is C15H18BrFN2O2. The summed E-state index contributed by atoms with van der Waals surface area (Å²) in [6, 6.07) is 3.54. The van der Waals surface area contributed by atoms with E-state index in [1.54, 1.807) is 12.1 Å². The fourth-order valence-corrected chi connectivity index (χ4v) is 2.95. The maximum absolute atomic E-state index is 13.9. The number of hydrogen-bond acceptors (Lipinski definition) is 2. The summed E-state index contributed by atoms with van der Waals surface area (Å²) in [6.07, 6.45) is 1.03. The largest absolute Gasteiger partial charge is 0.343 e. The number of hydrogen-bond donors (Lipinski definition) is 1. The van der Waals surface area contributed by atoms with Gasteiger partial charge in [-0.25, -0.2) is 4.39 Å². The molecule has 0 radical (unpaired) electrons. The number of amides is 2. The molecule has 0 saturated carbocycles. The molecular weight excluding hydrogens is 339 g/mol. The highest BCUT2D eigenvalue weighted by Gasteiger charge is 2.38. The summed E-state index contributed by atoms with van der Waals surface area (Å²) < 4.78 is 14.6. The number of halogens is 2. The summed E-state index contributed by atoms with van der Waals surface area (Å²) >= 11 is 3.30. The summed E-state index contributed by atoms with van der Waals surface area (Å²) in [5.41, 5.74) is 0.403. The highest BCUT2D eigenvalue weighted by molar-refractivity contribution is 9.10. The second-order valence-electron chi connectivity index (χ2n) is 5.10. The van der Waals surface area contributed by atoms with Crippen molar-refractivity contribution in [3.05, 3.63) is 34.1 Å². The Morgan fingerprint density at radius 3 is 2.62 bits per heavy atom. The molecule has 6 heteroatoms. The topological polar surface area (TPSA) is 49.4 Å². The predicted octanol–water partition coefficient (Wildman–Crippen LogP) is 2.60. The molecule has 1 aliphatic heterocycles. The average Bonchev–Trinajstić information content (AvgIpc) is 2.46. The van der Waals surface area contributed by atoms with Crippen LogP contribution in [0.4, 0.5) is 4.39 Å². The minimum absolute atomic E-state index is 0.104. The molecule has 1 aromatic rings. The first-order valence-corrected chi connectivity index (χ1v) is 7.82. The van der Waals surface area contributed by atoms with Crippen molar-refractivity contribution in [1.82, 2.24) is 10.2 Å². The molecule has 1 heterocycles. The smallest absolute Gasteiger partial charge is 0.246 e. The van der Waals surface area contributed by atoms with Gasteiger partial charge in [-0.15, -0.1) is 0 Å². The number of rotatable bonds is 4. The van der Waals surface area contributed by atoms with Gasteiger partial charge in [0.25, 0.3) is 0 Å². The lowest BCUT2D eigenvalue weighted by Crippen LogP contribution is -2.62. The van der Waals surface area contributed by atoms with E-state index in [0.717, 1.165) is 4.47 Å². The number of nitrogens with zero attached hydrogens (tertiary/aromatic N) is 1. The van der Waals surface area contributed by atoms with Crippen molar-refractivity contribution in [2.45, 2.75) is 45.3 Å². The third-order valence-electron chi connectivity index (χ3n) is 3.72. The van der Waals surface area contributed by atoms with E-state index in [1.165, 1.54) is 11.0 Å². The van der Waals surface area contributed by atoms with Crippen LogP contribution in [0.25, 0.3) is 0 Å². The van der Waals surface area contributed by atoms with Crippen LogP contribution >= 0.6 is 15.9 Å². The quantitative estimate of drug-likeness (QED) is 0.901. The van der Waals surface area contributed by atoms with Crippen LogP contribution in [-0.4, -0.2) is 28.8 Å². The van der Waals surface area contributed by atoms with Crippen LogP contribution in [0.5, 0.6) is 0 Å². The van der Waals surface area contributed by atoms with E-state index in [9.17, 15) is 14.0 Å². The second kappa shape index (κ2) is 6.56. The van der Waals surface area contributed by atoms with E-state index in [1.807, 2.05) is 13.8 Å². The molecule has 2 rings (SSSR count). The normalized spacial score (nSPS) is 22.4. The van der Waals surface area contributed by atoms with Gasteiger partial charge in [-0.1, -0.05) is 29.8 Å². The minimum atomic E-state index is -0.543. The van der Waals surface area contributed by atoms with Crippen LogP contribution in [0.1, 0.15) is 32.3 Å². The van der Waals surface area contributed by atoms with Gasteiger partial charge >= 0.3 is 0 Å². The predicted molar refractivity (Wildman–Crippen MR) is 81.0 cm³/mol. The molecule has 1 saturated heterocycles. The molecule has 1 aliphatic rings. The van der Waals surface area contributed by atoms with Crippen molar-refractivity contribution < 1.29 is 14.0 Å². The minimum Gasteiger partial charge on any atom is -0.343 e. The fourth-order valence-electron chi connectivity index (χ4n) is 2.54. The zero-order chi connectivity index (χ0) is 15.6. The molecule has 0 bridgehead atoms. The Morgan fingerprint density at radius 1 is 1.29 bits per heavy atom. The summed E-state index contributed by atoms with van der Waals surface area (Å²) in [5, 5.41) is 2.73. The van der Waals surface area contributed by atoms with Crippen LogP contribution in [-0.2, 0) is 16.1 Å². The number of benzene rings is 1.